The normalized spacial score (nSPS) is 16.1. The number of carbonyl (C=O) groups is 2. The standard InChI is InChI=1S/C22H27N5O2/c1-3-26(18-11-6-4-7-12-18)16-10-15-23-21(28)20-24-17(2)22(29)27(25-20)19-13-8-5-9-14-19/h4-9,11-14,17H,3,10,15-16H2,1-2H3,(H,23,28)(H,24,25). The summed E-state index contributed by atoms with van der Waals surface area (Å²) in [6.45, 7) is 6.06. The summed E-state index contributed by atoms with van der Waals surface area (Å²) >= 11 is 0. The van der Waals surface area contributed by atoms with Gasteiger partial charge in [0.2, 0.25) is 5.84 Å². The predicted octanol–water partition coefficient (Wildman–Crippen LogP) is 2.36. The number of hydrogen-bond donors (Lipinski definition) is 2. The van der Waals surface area contributed by atoms with Gasteiger partial charge in [-0.05, 0) is 44.5 Å². The topological polar surface area (TPSA) is 77.0 Å². The highest BCUT2D eigenvalue weighted by atomic mass is 16.2. The molecule has 0 spiro atoms. The predicted molar refractivity (Wildman–Crippen MR) is 116 cm³/mol. The van der Waals surface area contributed by atoms with Crippen LogP contribution in [0.4, 0.5) is 11.4 Å². The van der Waals surface area contributed by atoms with Gasteiger partial charge in [-0.2, -0.15) is 0 Å². The second kappa shape index (κ2) is 9.73. The zero-order valence-corrected chi connectivity index (χ0v) is 16.8. The smallest absolute Gasteiger partial charge is 0.288 e. The number of benzene rings is 2. The van der Waals surface area contributed by atoms with Crippen LogP contribution < -0.4 is 20.7 Å². The summed E-state index contributed by atoms with van der Waals surface area (Å²) in [4.78, 5) is 31.4. The Morgan fingerprint density at radius 2 is 1.79 bits per heavy atom. The third kappa shape index (κ3) is 5.13. The third-order valence-electron chi connectivity index (χ3n) is 4.74. The maximum Gasteiger partial charge on any atom is 0.288 e. The molecule has 1 atom stereocenters. The maximum atomic E-state index is 12.6. The first-order chi connectivity index (χ1) is 14.1. The van der Waals surface area contributed by atoms with E-state index >= 15 is 0 Å². The molecule has 1 heterocycles. The number of amidine groups is 1. The minimum absolute atomic E-state index is 0.149. The molecule has 1 aliphatic heterocycles. The number of para-hydroxylation sites is 2. The average molecular weight is 393 g/mol. The zero-order chi connectivity index (χ0) is 20.6. The first-order valence-electron chi connectivity index (χ1n) is 9.91. The van der Waals surface area contributed by atoms with E-state index in [1.165, 1.54) is 10.7 Å². The van der Waals surface area contributed by atoms with Crippen LogP contribution in [0.15, 0.2) is 65.7 Å². The molecule has 0 bridgehead atoms. The van der Waals surface area contributed by atoms with Gasteiger partial charge in [0.1, 0.15) is 6.04 Å². The fourth-order valence-corrected chi connectivity index (χ4v) is 3.17. The lowest BCUT2D eigenvalue weighted by atomic mass is 10.2. The maximum absolute atomic E-state index is 12.6. The molecule has 0 radical (unpaired) electrons. The fourth-order valence-electron chi connectivity index (χ4n) is 3.17. The number of hydrazine groups is 1. The number of rotatable bonds is 8. The number of nitrogens with zero attached hydrogens (tertiary/aromatic N) is 3. The second-order valence-corrected chi connectivity index (χ2v) is 6.80. The molecule has 2 N–H and O–H groups in total. The summed E-state index contributed by atoms with van der Waals surface area (Å²) in [7, 11) is 0. The second-order valence-electron chi connectivity index (χ2n) is 6.80. The van der Waals surface area contributed by atoms with Crippen LogP contribution in [-0.4, -0.2) is 43.3 Å². The molecule has 1 aliphatic rings. The van der Waals surface area contributed by atoms with Crippen LogP contribution in [0.2, 0.25) is 0 Å². The minimum Gasteiger partial charge on any atom is -0.372 e. The van der Waals surface area contributed by atoms with Gasteiger partial charge in [-0.25, -0.2) is 10.0 Å². The molecule has 2 aromatic carbocycles. The molecule has 1 unspecified atom stereocenters. The van der Waals surface area contributed by atoms with Crippen LogP contribution in [0.3, 0.4) is 0 Å². The summed E-state index contributed by atoms with van der Waals surface area (Å²) in [5, 5.41) is 4.27. The van der Waals surface area contributed by atoms with Gasteiger partial charge in [-0.15, -0.1) is 0 Å². The van der Waals surface area contributed by atoms with Crippen LogP contribution in [0.1, 0.15) is 20.3 Å². The molecule has 7 heteroatoms. The number of carbonyl (C=O) groups excluding carboxylic acids is 2. The molecule has 0 saturated carbocycles. The Balaban J connectivity index is 1.53. The van der Waals surface area contributed by atoms with Crippen molar-refractivity contribution in [3.8, 4) is 0 Å². The minimum atomic E-state index is -0.620. The van der Waals surface area contributed by atoms with Gasteiger partial charge in [0.15, 0.2) is 0 Å². The van der Waals surface area contributed by atoms with Gasteiger partial charge in [0, 0.05) is 25.3 Å². The molecule has 0 aliphatic carbocycles. The summed E-state index contributed by atoms with van der Waals surface area (Å²) in [6, 6.07) is 18.8. The SMILES string of the molecule is CCN(CCCNC(=O)C1=NC(C)C(=O)N(c2ccccc2)N1)c1ccccc1. The number of aliphatic imine (C=N–C) groups is 1. The highest BCUT2D eigenvalue weighted by Gasteiger charge is 2.30. The van der Waals surface area contributed by atoms with Crippen molar-refractivity contribution < 1.29 is 9.59 Å². The molecule has 3 rings (SSSR count). The van der Waals surface area contributed by atoms with Crippen LogP contribution >= 0.6 is 0 Å². The number of anilines is 2. The lowest BCUT2D eigenvalue weighted by Gasteiger charge is -2.30. The van der Waals surface area contributed by atoms with E-state index in [1.807, 2.05) is 36.4 Å². The third-order valence-corrected chi connectivity index (χ3v) is 4.74. The molecule has 29 heavy (non-hydrogen) atoms. The van der Waals surface area contributed by atoms with Gasteiger partial charge >= 0.3 is 0 Å². The molecule has 2 amide bonds. The van der Waals surface area contributed by atoms with E-state index < -0.39 is 6.04 Å². The van der Waals surface area contributed by atoms with Gasteiger partial charge in [-0.1, -0.05) is 36.4 Å². The van der Waals surface area contributed by atoms with Gasteiger partial charge in [0.05, 0.1) is 5.69 Å². The van der Waals surface area contributed by atoms with Crippen molar-refractivity contribution in [2.45, 2.75) is 26.3 Å². The van der Waals surface area contributed by atoms with E-state index in [0.29, 0.717) is 12.2 Å². The highest BCUT2D eigenvalue weighted by molar-refractivity contribution is 6.39. The Hall–Kier alpha value is -3.35. The van der Waals surface area contributed by atoms with Crippen LogP contribution in [0, 0.1) is 0 Å². The van der Waals surface area contributed by atoms with Gasteiger partial charge in [-0.3, -0.25) is 15.0 Å². The largest absolute Gasteiger partial charge is 0.372 e. The van der Waals surface area contributed by atoms with Crippen LogP contribution in [-0.2, 0) is 9.59 Å². The first-order valence-corrected chi connectivity index (χ1v) is 9.91. The molecule has 0 aromatic heterocycles. The summed E-state index contributed by atoms with van der Waals surface area (Å²) < 4.78 is 0. The van der Waals surface area contributed by atoms with E-state index in [-0.39, 0.29) is 17.6 Å². The first kappa shape index (κ1) is 20.4. The molecular weight excluding hydrogens is 366 g/mol. The van der Waals surface area contributed by atoms with E-state index in [4.69, 9.17) is 0 Å². The Labute approximate surface area is 171 Å². The van der Waals surface area contributed by atoms with Crippen molar-refractivity contribution in [3.05, 3.63) is 60.7 Å². The lowest BCUT2D eigenvalue weighted by Crippen LogP contribution is -2.58. The Morgan fingerprint density at radius 1 is 1.14 bits per heavy atom. The van der Waals surface area contributed by atoms with Crippen LogP contribution in [0.25, 0.3) is 0 Å². The number of amides is 2. The molecule has 0 saturated heterocycles. The average Bonchev–Trinajstić information content (AvgIpc) is 2.76. The molecule has 2 aromatic rings. The molecular formula is C22H27N5O2. The Bertz CT molecular complexity index is 854. The monoisotopic (exact) mass is 393 g/mol. The zero-order valence-electron chi connectivity index (χ0n) is 16.8. The van der Waals surface area contributed by atoms with Crippen molar-refractivity contribution in [1.29, 1.82) is 0 Å². The Morgan fingerprint density at radius 3 is 2.45 bits per heavy atom. The summed E-state index contributed by atoms with van der Waals surface area (Å²) in [6.07, 6.45) is 0.804. The number of nitrogens with one attached hydrogen (secondary N) is 2. The summed E-state index contributed by atoms with van der Waals surface area (Å²) in [5.41, 5.74) is 4.69. The van der Waals surface area contributed by atoms with Gasteiger partial charge < -0.3 is 10.2 Å². The quantitative estimate of drug-likeness (QED) is 0.675. The fraction of sp³-hybridized carbons (Fsp3) is 0.318. The van der Waals surface area contributed by atoms with E-state index in [0.717, 1.165) is 19.5 Å². The van der Waals surface area contributed by atoms with Crippen molar-refractivity contribution in [2.75, 3.05) is 29.5 Å². The van der Waals surface area contributed by atoms with E-state index in [2.05, 4.69) is 39.7 Å². The lowest BCUT2D eigenvalue weighted by molar-refractivity contribution is -0.120. The van der Waals surface area contributed by atoms with Crippen molar-refractivity contribution >= 4 is 29.0 Å². The van der Waals surface area contributed by atoms with Crippen molar-refractivity contribution in [1.82, 2.24) is 10.7 Å². The summed E-state index contributed by atoms with van der Waals surface area (Å²) in [5.74, 6) is -0.362. The molecule has 0 fully saturated rings. The molecule has 152 valence electrons. The van der Waals surface area contributed by atoms with Crippen molar-refractivity contribution in [2.24, 2.45) is 4.99 Å². The van der Waals surface area contributed by atoms with Gasteiger partial charge in [0.25, 0.3) is 11.8 Å². The van der Waals surface area contributed by atoms with E-state index in [1.54, 1.807) is 19.1 Å². The molecule has 7 nitrogen and oxygen atoms in total. The van der Waals surface area contributed by atoms with Crippen LogP contribution in [0.5, 0.6) is 0 Å². The number of hydrogen-bond acceptors (Lipinski definition) is 5. The van der Waals surface area contributed by atoms with Crippen molar-refractivity contribution in [3.63, 3.8) is 0 Å². The Kier molecular flexibility index (Phi) is 6.84. The highest BCUT2D eigenvalue weighted by Crippen LogP contribution is 2.16. The van der Waals surface area contributed by atoms with E-state index in [9.17, 15) is 9.59 Å².